The topological polar surface area (TPSA) is 80.8 Å². The lowest BCUT2D eigenvalue weighted by Crippen LogP contribution is -2.46. The van der Waals surface area contributed by atoms with Crippen LogP contribution >= 0.6 is 0 Å². The van der Waals surface area contributed by atoms with Gasteiger partial charge in [0.05, 0.1) is 12.2 Å². The van der Waals surface area contributed by atoms with Crippen LogP contribution in [0, 0.1) is 13.8 Å². The van der Waals surface area contributed by atoms with Gasteiger partial charge in [0, 0.05) is 38.9 Å². The van der Waals surface area contributed by atoms with Crippen LogP contribution in [0.2, 0.25) is 0 Å². The fourth-order valence-corrected chi connectivity index (χ4v) is 3.25. The molecule has 0 N–H and O–H groups in total. The first-order chi connectivity index (χ1) is 12.6. The van der Waals surface area contributed by atoms with E-state index in [0.29, 0.717) is 0 Å². The van der Waals surface area contributed by atoms with Gasteiger partial charge in [-0.3, -0.25) is 4.90 Å². The van der Waals surface area contributed by atoms with Gasteiger partial charge in [-0.1, -0.05) is 0 Å². The molecule has 0 spiro atoms. The Kier molecular flexibility index (Phi) is 4.37. The molecule has 1 aliphatic heterocycles. The summed E-state index contributed by atoms with van der Waals surface area (Å²) in [7, 11) is 1.98. The summed E-state index contributed by atoms with van der Waals surface area (Å²) < 4.78 is 3.79. The van der Waals surface area contributed by atoms with Gasteiger partial charge in [0.1, 0.15) is 12.2 Å². The van der Waals surface area contributed by atoms with Crippen molar-refractivity contribution < 1.29 is 0 Å². The monoisotopic (exact) mass is 353 g/mol. The van der Waals surface area contributed by atoms with E-state index in [9.17, 15) is 0 Å². The van der Waals surface area contributed by atoms with E-state index >= 15 is 0 Å². The third-order valence-corrected chi connectivity index (χ3v) is 4.73. The van der Waals surface area contributed by atoms with Gasteiger partial charge in [0.15, 0.2) is 11.6 Å². The molecule has 1 aliphatic rings. The lowest BCUT2D eigenvalue weighted by molar-refractivity contribution is 0.241. The highest BCUT2D eigenvalue weighted by Crippen LogP contribution is 2.16. The molecule has 4 heterocycles. The minimum atomic E-state index is 0.750. The van der Waals surface area contributed by atoms with Crippen molar-refractivity contribution in [3.8, 4) is 5.82 Å². The lowest BCUT2D eigenvalue weighted by Gasteiger charge is -2.34. The van der Waals surface area contributed by atoms with Crippen LogP contribution in [0.25, 0.3) is 5.82 Å². The summed E-state index contributed by atoms with van der Waals surface area (Å²) in [5.41, 5.74) is 2.04. The maximum absolute atomic E-state index is 4.46. The Morgan fingerprint density at radius 2 is 1.69 bits per heavy atom. The van der Waals surface area contributed by atoms with Crippen LogP contribution in [-0.2, 0) is 13.6 Å². The van der Waals surface area contributed by atoms with E-state index < -0.39 is 0 Å². The molecule has 0 aliphatic carbocycles. The van der Waals surface area contributed by atoms with Crippen molar-refractivity contribution >= 4 is 5.82 Å². The highest BCUT2D eigenvalue weighted by molar-refractivity contribution is 5.40. The van der Waals surface area contributed by atoms with Crippen molar-refractivity contribution in [1.82, 2.24) is 39.6 Å². The summed E-state index contributed by atoms with van der Waals surface area (Å²) >= 11 is 0. The van der Waals surface area contributed by atoms with Gasteiger partial charge in [-0.25, -0.2) is 4.68 Å². The van der Waals surface area contributed by atoms with Crippen molar-refractivity contribution in [1.29, 1.82) is 0 Å². The molecule has 9 nitrogen and oxygen atoms in total. The first-order valence-corrected chi connectivity index (χ1v) is 8.78. The Morgan fingerprint density at radius 3 is 2.27 bits per heavy atom. The second kappa shape index (κ2) is 6.83. The Labute approximate surface area is 152 Å². The van der Waals surface area contributed by atoms with Crippen molar-refractivity contribution in [2.24, 2.45) is 7.05 Å². The molecule has 0 amide bonds. The molecular weight excluding hydrogens is 330 g/mol. The van der Waals surface area contributed by atoms with E-state index in [1.807, 2.05) is 48.3 Å². The first kappa shape index (κ1) is 16.6. The average molecular weight is 353 g/mol. The molecule has 9 heteroatoms. The number of nitrogens with zero attached hydrogens (tertiary/aromatic N) is 9. The van der Waals surface area contributed by atoms with Gasteiger partial charge in [0.25, 0.3) is 0 Å². The zero-order chi connectivity index (χ0) is 18.1. The van der Waals surface area contributed by atoms with Crippen molar-refractivity contribution in [2.75, 3.05) is 31.1 Å². The van der Waals surface area contributed by atoms with Crippen LogP contribution in [0.5, 0.6) is 0 Å². The fourth-order valence-electron chi connectivity index (χ4n) is 3.25. The molecule has 3 aromatic rings. The average Bonchev–Trinajstić information content (AvgIpc) is 3.20. The molecule has 0 saturated carbocycles. The Hall–Kier alpha value is -2.81. The van der Waals surface area contributed by atoms with E-state index in [-0.39, 0.29) is 0 Å². The number of rotatable bonds is 4. The zero-order valence-corrected chi connectivity index (χ0v) is 15.4. The van der Waals surface area contributed by atoms with Gasteiger partial charge < -0.3 is 9.47 Å². The predicted molar refractivity (Wildman–Crippen MR) is 97.1 cm³/mol. The van der Waals surface area contributed by atoms with E-state index in [1.54, 1.807) is 6.33 Å². The largest absolute Gasteiger partial charge is 0.353 e. The van der Waals surface area contributed by atoms with Crippen molar-refractivity contribution in [2.45, 2.75) is 20.4 Å². The summed E-state index contributed by atoms with van der Waals surface area (Å²) in [5.74, 6) is 2.65. The highest BCUT2D eigenvalue weighted by atomic mass is 15.4. The Balaban J connectivity index is 1.38. The highest BCUT2D eigenvalue weighted by Gasteiger charge is 2.20. The molecule has 1 fully saturated rings. The zero-order valence-electron chi connectivity index (χ0n) is 15.4. The van der Waals surface area contributed by atoms with E-state index in [2.05, 4.69) is 35.3 Å². The SMILES string of the molecule is Cc1cc(C)n(-c2ccc(N3CCN(Cc4nncn4C)CC3)nn2)n1. The molecule has 0 aromatic carbocycles. The molecule has 26 heavy (non-hydrogen) atoms. The number of hydrogen-bond acceptors (Lipinski definition) is 7. The van der Waals surface area contributed by atoms with Crippen molar-refractivity contribution in [3.05, 3.63) is 41.7 Å². The maximum atomic E-state index is 4.46. The van der Waals surface area contributed by atoms with Crippen LogP contribution in [0.1, 0.15) is 17.2 Å². The second-order valence-corrected chi connectivity index (χ2v) is 6.71. The number of piperazine rings is 1. The number of aromatic nitrogens is 7. The summed E-state index contributed by atoms with van der Waals surface area (Å²) in [6, 6.07) is 6.04. The molecule has 1 saturated heterocycles. The minimum absolute atomic E-state index is 0.750. The van der Waals surface area contributed by atoms with Crippen LogP contribution < -0.4 is 4.90 Å². The summed E-state index contributed by atoms with van der Waals surface area (Å²) in [6.07, 6.45) is 1.74. The molecule has 0 atom stereocenters. The first-order valence-electron chi connectivity index (χ1n) is 8.78. The normalized spacial score (nSPS) is 15.6. The number of aryl methyl sites for hydroxylation is 3. The van der Waals surface area contributed by atoms with Crippen LogP contribution in [0.4, 0.5) is 5.82 Å². The summed E-state index contributed by atoms with van der Waals surface area (Å²) in [4.78, 5) is 4.66. The fraction of sp³-hybridized carbons (Fsp3) is 0.471. The molecule has 136 valence electrons. The second-order valence-electron chi connectivity index (χ2n) is 6.71. The lowest BCUT2D eigenvalue weighted by atomic mass is 10.3. The van der Waals surface area contributed by atoms with E-state index in [1.165, 1.54) is 0 Å². The van der Waals surface area contributed by atoms with Gasteiger partial charge in [-0.15, -0.1) is 20.4 Å². The predicted octanol–water partition coefficient (Wildman–Crippen LogP) is 0.730. The number of anilines is 1. The Morgan fingerprint density at radius 1 is 0.962 bits per heavy atom. The molecule has 0 radical (unpaired) electrons. The van der Waals surface area contributed by atoms with Gasteiger partial charge in [-0.05, 0) is 32.0 Å². The standard InChI is InChI=1S/C17H23N9/c1-13-10-14(2)26(22-13)16-5-4-15(20-21-16)25-8-6-24(7-9-25)11-17-19-18-12-23(17)3/h4-5,10,12H,6-9,11H2,1-3H3. The van der Waals surface area contributed by atoms with Gasteiger partial charge in [0.2, 0.25) is 0 Å². The van der Waals surface area contributed by atoms with Crippen LogP contribution in [0.3, 0.4) is 0 Å². The quantitative estimate of drug-likeness (QED) is 0.684. The summed E-state index contributed by atoms with van der Waals surface area (Å²) in [6.45, 7) is 8.60. The van der Waals surface area contributed by atoms with Gasteiger partial charge in [-0.2, -0.15) is 5.10 Å². The van der Waals surface area contributed by atoms with Gasteiger partial charge >= 0.3 is 0 Å². The molecule has 3 aromatic heterocycles. The molecule has 4 rings (SSSR count). The third-order valence-electron chi connectivity index (χ3n) is 4.73. The molecule has 0 bridgehead atoms. The van der Waals surface area contributed by atoms with Crippen LogP contribution in [-0.4, -0.2) is 65.8 Å². The number of hydrogen-bond donors (Lipinski definition) is 0. The molecular formula is C17H23N9. The van der Waals surface area contributed by atoms with Crippen molar-refractivity contribution in [3.63, 3.8) is 0 Å². The molecule has 0 unspecified atom stereocenters. The van der Waals surface area contributed by atoms with E-state index in [4.69, 9.17) is 0 Å². The third kappa shape index (κ3) is 3.30. The summed E-state index contributed by atoms with van der Waals surface area (Å²) in [5, 5.41) is 21.3. The minimum Gasteiger partial charge on any atom is -0.353 e. The Bertz CT molecular complexity index is 872. The smallest absolute Gasteiger partial charge is 0.176 e. The van der Waals surface area contributed by atoms with Crippen LogP contribution in [0.15, 0.2) is 24.5 Å². The van der Waals surface area contributed by atoms with E-state index in [0.717, 1.165) is 61.6 Å². The maximum Gasteiger partial charge on any atom is 0.176 e.